The van der Waals surface area contributed by atoms with E-state index in [-0.39, 0.29) is 22.9 Å². The second kappa shape index (κ2) is 9.16. The highest BCUT2D eigenvalue weighted by atomic mass is 16.3. The number of nitrogens with two attached hydrogens (primary N) is 1. The predicted molar refractivity (Wildman–Crippen MR) is 148 cm³/mol. The first kappa shape index (κ1) is 25.0. The summed E-state index contributed by atoms with van der Waals surface area (Å²) < 4.78 is 3.53. The van der Waals surface area contributed by atoms with Crippen molar-refractivity contribution in [1.29, 1.82) is 0 Å². The minimum absolute atomic E-state index is 0.0143. The number of hydrogen-bond donors (Lipinski definition) is 3. The number of anilines is 2. The molecule has 0 aliphatic heterocycles. The summed E-state index contributed by atoms with van der Waals surface area (Å²) in [4.78, 5) is 47.7. The van der Waals surface area contributed by atoms with E-state index in [9.17, 15) is 19.5 Å². The van der Waals surface area contributed by atoms with E-state index in [4.69, 9.17) is 5.73 Å². The molecular weight excluding hydrogens is 496 g/mol. The number of hydrogen-bond acceptors (Lipinski definition) is 7. The SMILES string of the molecule is CC(C)(O)Cn1cc(-c2ccc(NC(=O)c3cc4c(n(C5CC5)c3=O)CCCC4=O)cc2)c2c(N)ncnc21. The fourth-order valence-electron chi connectivity index (χ4n) is 5.44. The average molecular weight is 527 g/mol. The second-order valence-corrected chi connectivity index (χ2v) is 11.1. The summed E-state index contributed by atoms with van der Waals surface area (Å²) in [6.45, 7) is 3.76. The molecule has 200 valence electrons. The number of carbonyl (C=O) groups excluding carboxylic acids is 2. The lowest BCUT2D eigenvalue weighted by Gasteiger charge is -2.21. The summed E-state index contributed by atoms with van der Waals surface area (Å²) in [6, 6.07) is 8.71. The van der Waals surface area contributed by atoms with Gasteiger partial charge in [-0.2, -0.15) is 0 Å². The summed E-state index contributed by atoms with van der Waals surface area (Å²) in [5, 5.41) is 13.9. The molecule has 1 fully saturated rings. The van der Waals surface area contributed by atoms with Crippen molar-refractivity contribution in [3.05, 3.63) is 70.0 Å². The summed E-state index contributed by atoms with van der Waals surface area (Å²) >= 11 is 0. The summed E-state index contributed by atoms with van der Waals surface area (Å²) in [6.07, 6.45) is 6.88. The average Bonchev–Trinajstić information content (AvgIpc) is 3.65. The van der Waals surface area contributed by atoms with Crippen molar-refractivity contribution in [3.8, 4) is 11.1 Å². The van der Waals surface area contributed by atoms with Crippen molar-refractivity contribution < 1.29 is 14.7 Å². The number of Topliss-reactive ketones (excluding diaryl/α,β-unsaturated/α-hetero) is 1. The molecular formula is C29H30N6O4. The minimum Gasteiger partial charge on any atom is -0.389 e. The normalized spacial score (nSPS) is 15.4. The fourth-order valence-corrected chi connectivity index (χ4v) is 5.44. The van der Waals surface area contributed by atoms with Crippen molar-refractivity contribution in [2.75, 3.05) is 11.1 Å². The van der Waals surface area contributed by atoms with Gasteiger partial charge >= 0.3 is 0 Å². The third kappa shape index (κ3) is 4.61. The maximum absolute atomic E-state index is 13.3. The number of rotatable bonds is 6. The van der Waals surface area contributed by atoms with Crippen LogP contribution >= 0.6 is 0 Å². The molecule has 0 unspecified atom stereocenters. The zero-order chi connectivity index (χ0) is 27.5. The molecule has 39 heavy (non-hydrogen) atoms. The minimum atomic E-state index is -0.962. The Morgan fingerprint density at radius 1 is 1.13 bits per heavy atom. The van der Waals surface area contributed by atoms with Crippen molar-refractivity contribution in [1.82, 2.24) is 19.1 Å². The molecule has 0 bridgehead atoms. The molecule has 3 aromatic heterocycles. The Bertz CT molecular complexity index is 1690. The first-order chi connectivity index (χ1) is 18.6. The van der Waals surface area contributed by atoms with Gasteiger partial charge in [-0.3, -0.25) is 14.4 Å². The highest BCUT2D eigenvalue weighted by molar-refractivity contribution is 6.07. The maximum Gasteiger partial charge on any atom is 0.263 e. The zero-order valence-corrected chi connectivity index (χ0v) is 21.9. The van der Waals surface area contributed by atoms with Crippen LogP contribution in [-0.4, -0.2) is 41.5 Å². The van der Waals surface area contributed by atoms with Gasteiger partial charge in [0.1, 0.15) is 23.4 Å². The van der Waals surface area contributed by atoms with Gasteiger partial charge in [-0.1, -0.05) is 12.1 Å². The number of nitrogens with zero attached hydrogens (tertiary/aromatic N) is 4. The Hall–Kier alpha value is -4.31. The third-order valence-corrected chi connectivity index (χ3v) is 7.31. The van der Waals surface area contributed by atoms with E-state index in [1.54, 1.807) is 30.5 Å². The van der Waals surface area contributed by atoms with Crippen LogP contribution in [0.15, 0.2) is 47.7 Å². The number of nitrogen functional groups attached to an aromatic ring is 1. The zero-order valence-electron chi connectivity index (χ0n) is 21.9. The van der Waals surface area contributed by atoms with Crippen molar-refractivity contribution in [2.45, 2.75) is 64.1 Å². The molecule has 0 saturated heterocycles. The van der Waals surface area contributed by atoms with Crippen molar-refractivity contribution in [3.63, 3.8) is 0 Å². The molecule has 2 aliphatic carbocycles. The largest absolute Gasteiger partial charge is 0.389 e. The van der Waals surface area contributed by atoms with Crippen LogP contribution < -0.4 is 16.6 Å². The molecule has 3 heterocycles. The van der Waals surface area contributed by atoms with Gasteiger partial charge in [0.25, 0.3) is 11.5 Å². The van der Waals surface area contributed by atoms with Crippen LogP contribution in [0.25, 0.3) is 22.2 Å². The third-order valence-electron chi connectivity index (χ3n) is 7.31. The topological polar surface area (TPSA) is 145 Å². The van der Waals surface area contributed by atoms with Crippen LogP contribution in [0.4, 0.5) is 11.5 Å². The Labute approximate surface area is 224 Å². The van der Waals surface area contributed by atoms with Gasteiger partial charge in [0.2, 0.25) is 0 Å². The first-order valence-electron chi connectivity index (χ1n) is 13.2. The molecule has 0 spiro atoms. The van der Waals surface area contributed by atoms with Gasteiger partial charge in [0.05, 0.1) is 17.5 Å². The molecule has 1 aromatic carbocycles. The van der Waals surface area contributed by atoms with E-state index in [0.29, 0.717) is 47.5 Å². The van der Waals surface area contributed by atoms with Crippen LogP contribution in [0, 0.1) is 0 Å². The highest BCUT2D eigenvalue weighted by Crippen LogP contribution is 2.37. The van der Waals surface area contributed by atoms with Gasteiger partial charge in [0, 0.05) is 41.2 Å². The number of carbonyl (C=O) groups is 2. The van der Waals surface area contributed by atoms with E-state index in [1.807, 2.05) is 22.9 Å². The van der Waals surface area contributed by atoms with Gasteiger partial charge < -0.3 is 25.3 Å². The van der Waals surface area contributed by atoms with Crippen LogP contribution in [-0.2, 0) is 13.0 Å². The summed E-state index contributed by atoms with van der Waals surface area (Å²) in [5.74, 6) is -0.227. The monoisotopic (exact) mass is 526 g/mol. The molecule has 1 saturated carbocycles. The summed E-state index contributed by atoms with van der Waals surface area (Å²) in [7, 11) is 0. The quantitative estimate of drug-likeness (QED) is 0.347. The lowest BCUT2D eigenvalue weighted by molar-refractivity contribution is 0.0627. The van der Waals surface area contributed by atoms with Gasteiger partial charge in [0.15, 0.2) is 5.78 Å². The maximum atomic E-state index is 13.3. The molecule has 2 aliphatic rings. The lowest BCUT2D eigenvalue weighted by atomic mass is 9.93. The second-order valence-electron chi connectivity index (χ2n) is 11.1. The van der Waals surface area contributed by atoms with Crippen molar-refractivity contribution in [2.24, 2.45) is 0 Å². The molecule has 0 radical (unpaired) electrons. The van der Waals surface area contributed by atoms with E-state index in [2.05, 4.69) is 15.3 Å². The molecule has 10 nitrogen and oxygen atoms in total. The molecule has 4 N–H and O–H groups in total. The number of amides is 1. The number of nitrogens with one attached hydrogen (secondary N) is 1. The lowest BCUT2D eigenvalue weighted by Crippen LogP contribution is -2.34. The van der Waals surface area contributed by atoms with Crippen LogP contribution in [0.3, 0.4) is 0 Å². The highest BCUT2D eigenvalue weighted by Gasteiger charge is 2.33. The van der Waals surface area contributed by atoms with E-state index >= 15 is 0 Å². The Balaban J connectivity index is 1.31. The molecule has 4 aromatic rings. The number of fused-ring (bicyclic) bond motifs is 2. The number of aliphatic hydroxyl groups is 1. The standard InChI is InChI=1S/C29H30N6O4/c1-29(2,39)14-34-13-21(24-25(30)31-15-32-26(24)34)16-6-8-17(9-7-16)33-27(37)20-12-19-22(4-3-5-23(19)36)35(28(20)38)18-10-11-18/h6-9,12-13,15,18,39H,3-5,10-11,14H2,1-2H3,(H,33,37)(H2,30,31,32). The number of ketones is 1. The van der Waals surface area contributed by atoms with E-state index in [1.165, 1.54) is 12.4 Å². The van der Waals surface area contributed by atoms with Crippen LogP contribution in [0.5, 0.6) is 0 Å². The predicted octanol–water partition coefficient (Wildman–Crippen LogP) is 3.72. The number of aromatic nitrogens is 4. The molecule has 0 atom stereocenters. The fraction of sp³-hybridized carbons (Fsp3) is 0.345. The molecule has 6 rings (SSSR count). The molecule has 1 amide bonds. The molecule has 10 heteroatoms. The van der Waals surface area contributed by atoms with Crippen LogP contribution in [0.2, 0.25) is 0 Å². The summed E-state index contributed by atoms with van der Waals surface area (Å²) in [5.41, 5.74) is 8.90. The van der Waals surface area contributed by atoms with E-state index < -0.39 is 11.5 Å². The van der Waals surface area contributed by atoms with Crippen LogP contribution in [0.1, 0.15) is 72.0 Å². The van der Waals surface area contributed by atoms with E-state index in [0.717, 1.165) is 36.1 Å². The number of benzene rings is 1. The Kier molecular flexibility index (Phi) is 5.87. The Morgan fingerprint density at radius 2 is 1.87 bits per heavy atom. The Morgan fingerprint density at radius 3 is 2.56 bits per heavy atom. The first-order valence-corrected chi connectivity index (χ1v) is 13.2. The smallest absolute Gasteiger partial charge is 0.263 e. The van der Waals surface area contributed by atoms with Crippen molar-refractivity contribution >= 4 is 34.2 Å². The van der Waals surface area contributed by atoms with Gasteiger partial charge in [-0.25, -0.2) is 9.97 Å². The van der Waals surface area contributed by atoms with Gasteiger partial charge in [-0.05, 0) is 63.3 Å². The number of pyridine rings is 1. The van der Waals surface area contributed by atoms with Gasteiger partial charge in [-0.15, -0.1) is 0 Å².